The largest absolute Gasteiger partial charge is 0.487 e. The van der Waals surface area contributed by atoms with E-state index in [1.165, 1.54) is 0 Å². The predicted octanol–water partition coefficient (Wildman–Crippen LogP) is 3.30. The van der Waals surface area contributed by atoms with E-state index in [2.05, 4.69) is 15.3 Å². The number of carbonyl (C=O) groups excluding carboxylic acids is 1. The molecule has 3 aromatic rings. The second kappa shape index (κ2) is 7.84. The highest BCUT2D eigenvalue weighted by atomic mass is 35.5. The van der Waals surface area contributed by atoms with E-state index in [9.17, 15) is 4.79 Å². The summed E-state index contributed by atoms with van der Waals surface area (Å²) in [5, 5.41) is 3.53. The van der Waals surface area contributed by atoms with E-state index in [-0.39, 0.29) is 12.0 Å². The zero-order chi connectivity index (χ0) is 20.5. The van der Waals surface area contributed by atoms with Crippen LogP contribution in [0.5, 0.6) is 17.2 Å². The van der Waals surface area contributed by atoms with Gasteiger partial charge in [0.1, 0.15) is 25.1 Å². The van der Waals surface area contributed by atoms with Gasteiger partial charge in [0.25, 0.3) is 5.91 Å². The van der Waals surface area contributed by atoms with E-state index in [0.29, 0.717) is 59.8 Å². The third kappa shape index (κ3) is 3.64. The van der Waals surface area contributed by atoms with Crippen molar-refractivity contribution in [1.82, 2.24) is 15.3 Å². The van der Waals surface area contributed by atoms with Gasteiger partial charge in [-0.15, -0.1) is 0 Å². The number of benzene rings is 2. The van der Waals surface area contributed by atoms with Crippen molar-refractivity contribution in [1.29, 1.82) is 0 Å². The summed E-state index contributed by atoms with van der Waals surface area (Å²) < 4.78 is 17.2. The lowest BCUT2D eigenvalue weighted by molar-refractivity contribution is 0.0932. The first kappa shape index (κ1) is 18.7. The average molecular weight is 424 g/mol. The number of halogens is 1. The van der Waals surface area contributed by atoms with Crippen LogP contribution in [0.15, 0.2) is 48.8 Å². The molecule has 1 aromatic heterocycles. The molecule has 1 N–H and O–H groups in total. The van der Waals surface area contributed by atoms with Crippen molar-refractivity contribution in [2.75, 3.05) is 19.8 Å². The minimum atomic E-state index is -0.206. The third-order valence-electron chi connectivity index (χ3n) is 4.96. The Morgan fingerprint density at radius 3 is 2.73 bits per heavy atom. The van der Waals surface area contributed by atoms with Crippen LogP contribution in [0.25, 0.3) is 11.4 Å². The van der Waals surface area contributed by atoms with Crippen molar-refractivity contribution in [2.45, 2.75) is 12.5 Å². The minimum Gasteiger partial charge on any atom is -0.487 e. The lowest BCUT2D eigenvalue weighted by atomic mass is 10.1. The Hall–Kier alpha value is -3.32. The van der Waals surface area contributed by atoms with E-state index in [1.807, 2.05) is 6.07 Å². The quantitative estimate of drug-likeness (QED) is 0.693. The number of hydrogen-bond acceptors (Lipinski definition) is 6. The van der Waals surface area contributed by atoms with Crippen molar-refractivity contribution in [3.63, 3.8) is 0 Å². The van der Waals surface area contributed by atoms with E-state index < -0.39 is 0 Å². The van der Waals surface area contributed by atoms with Gasteiger partial charge < -0.3 is 19.5 Å². The summed E-state index contributed by atoms with van der Waals surface area (Å²) in [6, 6.07) is 10.6. The molecule has 7 nitrogen and oxygen atoms in total. The van der Waals surface area contributed by atoms with Crippen molar-refractivity contribution in [2.24, 2.45) is 0 Å². The molecule has 0 saturated heterocycles. The molecule has 0 bridgehead atoms. The maximum Gasteiger partial charge on any atom is 0.251 e. The van der Waals surface area contributed by atoms with Crippen LogP contribution in [-0.4, -0.2) is 41.7 Å². The summed E-state index contributed by atoms with van der Waals surface area (Å²) in [6.45, 7) is 1.34. The molecule has 152 valence electrons. The summed E-state index contributed by atoms with van der Waals surface area (Å²) in [5.74, 6) is 2.30. The van der Waals surface area contributed by atoms with Crippen molar-refractivity contribution >= 4 is 17.5 Å². The van der Waals surface area contributed by atoms with Crippen molar-refractivity contribution in [3.05, 3.63) is 64.9 Å². The highest BCUT2D eigenvalue weighted by Gasteiger charge is 2.28. The van der Waals surface area contributed by atoms with E-state index in [0.717, 1.165) is 11.1 Å². The average Bonchev–Trinajstić information content (AvgIpc) is 3.20. The number of nitrogens with one attached hydrogen (secondary N) is 1. The molecule has 1 atom stereocenters. The van der Waals surface area contributed by atoms with Crippen molar-refractivity contribution in [3.8, 4) is 28.6 Å². The molecule has 0 fully saturated rings. The van der Waals surface area contributed by atoms with Gasteiger partial charge in [-0.2, -0.15) is 0 Å². The first-order chi connectivity index (χ1) is 14.7. The molecular weight excluding hydrogens is 406 g/mol. The fraction of sp³-hybridized carbons (Fsp3) is 0.227. The van der Waals surface area contributed by atoms with Crippen LogP contribution in [0.2, 0.25) is 5.02 Å². The molecule has 1 amide bonds. The van der Waals surface area contributed by atoms with Gasteiger partial charge in [0.2, 0.25) is 0 Å². The molecule has 30 heavy (non-hydrogen) atoms. The Bertz CT molecular complexity index is 1110. The Morgan fingerprint density at radius 2 is 1.90 bits per heavy atom. The summed E-state index contributed by atoms with van der Waals surface area (Å²) >= 11 is 6.29. The summed E-state index contributed by atoms with van der Waals surface area (Å²) in [7, 11) is 0. The second-order valence-corrected chi connectivity index (χ2v) is 7.46. The molecule has 2 aliphatic rings. The predicted molar refractivity (Wildman–Crippen MR) is 110 cm³/mol. The molecule has 0 spiro atoms. The van der Waals surface area contributed by atoms with Gasteiger partial charge >= 0.3 is 0 Å². The van der Waals surface area contributed by atoms with Gasteiger partial charge in [-0.05, 0) is 36.4 Å². The van der Waals surface area contributed by atoms with Crippen LogP contribution in [-0.2, 0) is 6.42 Å². The van der Waals surface area contributed by atoms with Crippen LogP contribution in [0.1, 0.15) is 15.9 Å². The summed E-state index contributed by atoms with van der Waals surface area (Å²) in [6.07, 6.45) is 3.78. The molecule has 1 unspecified atom stereocenters. The molecule has 8 heteroatoms. The zero-order valence-corrected chi connectivity index (χ0v) is 16.7. The molecule has 0 saturated carbocycles. The normalized spacial score (nSPS) is 16.5. The first-order valence-corrected chi connectivity index (χ1v) is 9.99. The van der Waals surface area contributed by atoms with Crippen LogP contribution in [0.4, 0.5) is 0 Å². The number of fused-ring (bicyclic) bond motifs is 2. The van der Waals surface area contributed by atoms with Gasteiger partial charge in [-0.25, -0.2) is 9.97 Å². The second-order valence-electron chi connectivity index (χ2n) is 7.03. The molecular formula is C22H18ClN3O4. The van der Waals surface area contributed by atoms with Gasteiger partial charge in [-0.3, -0.25) is 4.79 Å². The standard InChI is InChI=1S/C22H18ClN3O4/c23-15-8-14-9-16(30-20(14)17(11-15)21-24-4-1-5-25-21)12-26-22(27)13-2-3-18-19(10-13)29-7-6-28-18/h1-5,8,10-11,16H,6-7,9,12H2,(H,26,27). The monoisotopic (exact) mass is 423 g/mol. The van der Waals surface area contributed by atoms with Crippen LogP contribution in [0.3, 0.4) is 0 Å². The molecule has 3 heterocycles. The first-order valence-electron chi connectivity index (χ1n) is 9.62. The lowest BCUT2D eigenvalue weighted by Crippen LogP contribution is -2.34. The fourth-order valence-corrected chi connectivity index (χ4v) is 3.85. The summed E-state index contributed by atoms with van der Waals surface area (Å²) in [4.78, 5) is 21.2. The van der Waals surface area contributed by atoms with Crippen LogP contribution >= 0.6 is 11.6 Å². The van der Waals surface area contributed by atoms with Gasteiger partial charge in [-0.1, -0.05) is 11.6 Å². The Labute approximate surface area is 178 Å². The molecule has 5 rings (SSSR count). The lowest BCUT2D eigenvalue weighted by Gasteiger charge is -2.19. The van der Waals surface area contributed by atoms with Gasteiger partial charge in [0, 0.05) is 35.0 Å². The number of aromatic nitrogens is 2. The molecule has 0 radical (unpaired) electrons. The Balaban J connectivity index is 1.28. The van der Waals surface area contributed by atoms with E-state index in [1.54, 1.807) is 42.7 Å². The van der Waals surface area contributed by atoms with Gasteiger partial charge in [0.05, 0.1) is 12.1 Å². The molecule has 0 aliphatic carbocycles. The number of hydrogen-bond donors (Lipinski definition) is 1. The van der Waals surface area contributed by atoms with E-state index >= 15 is 0 Å². The maximum absolute atomic E-state index is 12.6. The highest BCUT2D eigenvalue weighted by Crippen LogP contribution is 2.39. The number of ether oxygens (including phenoxy) is 3. The SMILES string of the molecule is O=C(NCC1Cc2cc(Cl)cc(-c3ncccn3)c2O1)c1ccc2c(c1)OCCO2. The minimum absolute atomic E-state index is 0.198. The number of nitrogens with zero attached hydrogens (tertiary/aromatic N) is 2. The Morgan fingerprint density at radius 1 is 1.10 bits per heavy atom. The maximum atomic E-state index is 12.6. The summed E-state index contributed by atoms with van der Waals surface area (Å²) in [5.41, 5.74) is 2.23. The van der Waals surface area contributed by atoms with Gasteiger partial charge in [0.15, 0.2) is 17.3 Å². The van der Waals surface area contributed by atoms with Crippen LogP contribution in [0, 0.1) is 0 Å². The zero-order valence-electron chi connectivity index (χ0n) is 15.9. The highest BCUT2D eigenvalue weighted by molar-refractivity contribution is 6.31. The molecule has 2 aromatic carbocycles. The Kier molecular flexibility index (Phi) is 4.88. The topological polar surface area (TPSA) is 82.6 Å². The molecule has 2 aliphatic heterocycles. The van der Waals surface area contributed by atoms with E-state index in [4.69, 9.17) is 25.8 Å². The number of carbonyl (C=O) groups is 1. The smallest absolute Gasteiger partial charge is 0.251 e. The number of rotatable bonds is 4. The fourth-order valence-electron chi connectivity index (χ4n) is 3.61. The van der Waals surface area contributed by atoms with Crippen molar-refractivity contribution < 1.29 is 19.0 Å². The number of amides is 1. The van der Waals surface area contributed by atoms with Crippen LogP contribution < -0.4 is 19.5 Å². The third-order valence-corrected chi connectivity index (χ3v) is 5.18.